The van der Waals surface area contributed by atoms with E-state index >= 15 is 0 Å². The zero-order valence-electron chi connectivity index (χ0n) is 6.70. The van der Waals surface area contributed by atoms with Gasteiger partial charge in [-0.25, -0.2) is 0 Å². The van der Waals surface area contributed by atoms with E-state index in [1.165, 1.54) is 6.92 Å². The molecule has 0 aromatic carbocycles. The van der Waals surface area contributed by atoms with Gasteiger partial charge in [-0.05, 0) is 26.0 Å². The Morgan fingerprint density at radius 3 is 2.36 bits per heavy atom. The lowest BCUT2D eigenvalue weighted by molar-refractivity contribution is -0.119. The molecule has 0 radical (unpaired) electrons. The second kappa shape index (κ2) is 5.68. The molecule has 0 saturated carbocycles. The lowest BCUT2D eigenvalue weighted by atomic mass is 10.5. The van der Waals surface area contributed by atoms with Crippen LogP contribution < -0.4 is 0 Å². The Morgan fingerprint density at radius 1 is 1.73 bits per heavy atom. The summed E-state index contributed by atoms with van der Waals surface area (Å²) in [7, 11) is 0. The molecule has 1 aromatic heterocycles. The van der Waals surface area contributed by atoms with Crippen molar-refractivity contribution in [3.63, 3.8) is 0 Å². The molecule has 0 atom stereocenters. The van der Waals surface area contributed by atoms with Crippen LogP contribution in [0.4, 0.5) is 0 Å². The van der Waals surface area contributed by atoms with Gasteiger partial charge in [0.25, 0.3) is 0 Å². The number of aryl methyl sites for hydroxylation is 1. The van der Waals surface area contributed by atoms with Crippen LogP contribution in [0, 0.1) is 6.92 Å². The van der Waals surface area contributed by atoms with Crippen LogP contribution in [0.25, 0.3) is 0 Å². The number of hydrogen-bond donors (Lipinski definition) is 1. The van der Waals surface area contributed by atoms with E-state index in [0.29, 0.717) is 0 Å². The molecule has 1 N–H and O–H groups in total. The third kappa shape index (κ3) is 6.80. The summed E-state index contributed by atoms with van der Waals surface area (Å²) >= 11 is 0. The predicted octanol–water partition coefficient (Wildman–Crippen LogP) is 1.16. The van der Waals surface area contributed by atoms with Crippen molar-refractivity contribution in [2.75, 3.05) is 6.61 Å². The molecule has 1 rings (SSSR count). The molecular weight excluding hydrogens is 144 g/mol. The minimum Gasteiger partial charge on any atom is -0.470 e. The van der Waals surface area contributed by atoms with Gasteiger partial charge in [0.2, 0.25) is 0 Å². The van der Waals surface area contributed by atoms with Crippen molar-refractivity contribution in [1.82, 2.24) is 0 Å². The number of hydrogen-bond acceptors (Lipinski definition) is 3. The Kier molecular flexibility index (Phi) is 5.11. The van der Waals surface area contributed by atoms with Gasteiger partial charge in [-0.15, -0.1) is 0 Å². The van der Waals surface area contributed by atoms with Crippen molar-refractivity contribution < 1.29 is 14.3 Å². The van der Waals surface area contributed by atoms with Crippen molar-refractivity contribution in [2.24, 2.45) is 0 Å². The first-order valence-electron chi connectivity index (χ1n) is 3.27. The van der Waals surface area contributed by atoms with Crippen LogP contribution in [-0.2, 0) is 4.79 Å². The van der Waals surface area contributed by atoms with Gasteiger partial charge in [0.05, 0.1) is 6.26 Å². The largest absolute Gasteiger partial charge is 0.470 e. The van der Waals surface area contributed by atoms with E-state index in [-0.39, 0.29) is 12.4 Å². The van der Waals surface area contributed by atoms with E-state index in [9.17, 15) is 4.79 Å². The lowest BCUT2D eigenvalue weighted by Gasteiger charge is -1.72. The highest BCUT2D eigenvalue weighted by Crippen LogP contribution is 1.93. The SMILES string of the molecule is CC(=O)CO.Cc1ccco1. The Bertz CT molecular complexity index is 189. The summed E-state index contributed by atoms with van der Waals surface area (Å²) in [6.07, 6.45) is 1.66. The van der Waals surface area contributed by atoms with E-state index in [1.807, 2.05) is 19.1 Å². The van der Waals surface area contributed by atoms with Crippen molar-refractivity contribution in [3.05, 3.63) is 24.2 Å². The highest BCUT2D eigenvalue weighted by molar-refractivity contribution is 5.76. The van der Waals surface area contributed by atoms with Crippen molar-refractivity contribution in [1.29, 1.82) is 0 Å². The standard InChI is InChI=1S/C5H6O.C3H6O2/c1-5-3-2-4-6-5;1-3(5)2-4/h2-4H,1H3;4H,2H2,1H3. The summed E-state index contributed by atoms with van der Waals surface area (Å²) in [5, 5.41) is 7.79. The molecule has 0 bridgehead atoms. The maximum atomic E-state index is 9.56. The van der Waals surface area contributed by atoms with Gasteiger partial charge in [0, 0.05) is 0 Å². The molecule has 1 aromatic rings. The first-order chi connectivity index (χ1) is 5.16. The summed E-state index contributed by atoms with van der Waals surface area (Å²) in [6, 6.07) is 3.79. The van der Waals surface area contributed by atoms with Gasteiger partial charge >= 0.3 is 0 Å². The Labute approximate surface area is 65.6 Å². The molecule has 0 aliphatic rings. The van der Waals surface area contributed by atoms with E-state index in [1.54, 1.807) is 6.26 Å². The molecule has 0 unspecified atom stereocenters. The molecule has 0 saturated heterocycles. The predicted molar refractivity (Wildman–Crippen MR) is 41.2 cm³/mol. The van der Waals surface area contributed by atoms with Gasteiger partial charge in [-0.1, -0.05) is 0 Å². The van der Waals surface area contributed by atoms with Gasteiger partial charge in [0.1, 0.15) is 12.4 Å². The molecular formula is C8H12O3. The molecule has 0 spiro atoms. The van der Waals surface area contributed by atoms with Crippen LogP contribution in [0.2, 0.25) is 0 Å². The maximum absolute atomic E-state index is 9.56. The van der Waals surface area contributed by atoms with Crippen LogP contribution in [0.15, 0.2) is 22.8 Å². The highest BCUT2D eigenvalue weighted by atomic mass is 16.3. The van der Waals surface area contributed by atoms with E-state index < -0.39 is 0 Å². The third-order valence-electron chi connectivity index (χ3n) is 0.886. The highest BCUT2D eigenvalue weighted by Gasteiger charge is 1.78. The van der Waals surface area contributed by atoms with E-state index in [2.05, 4.69) is 0 Å². The number of carbonyl (C=O) groups excluding carboxylic acids is 1. The first-order valence-corrected chi connectivity index (χ1v) is 3.27. The Balaban J connectivity index is 0.000000187. The quantitative estimate of drug-likeness (QED) is 0.663. The van der Waals surface area contributed by atoms with Gasteiger partial charge in [0.15, 0.2) is 5.78 Å². The molecule has 3 nitrogen and oxygen atoms in total. The number of aliphatic hydroxyl groups excluding tert-OH is 1. The van der Waals surface area contributed by atoms with Crippen LogP contribution in [0.5, 0.6) is 0 Å². The van der Waals surface area contributed by atoms with Gasteiger partial charge in [-0.2, -0.15) is 0 Å². The number of furan rings is 1. The third-order valence-corrected chi connectivity index (χ3v) is 0.886. The maximum Gasteiger partial charge on any atom is 0.155 e. The molecule has 0 fully saturated rings. The second-order valence-electron chi connectivity index (χ2n) is 2.08. The van der Waals surface area contributed by atoms with Crippen molar-refractivity contribution >= 4 is 5.78 Å². The number of aliphatic hydroxyl groups is 1. The monoisotopic (exact) mass is 156 g/mol. The summed E-state index contributed by atoms with van der Waals surface area (Å²) in [5.41, 5.74) is 0. The smallest absolute Gasteiger partial charge is 0.155 e. The fourth-order valence-corrected chi connectivity index (χ4v) is 0.361. The zero-order chi connectivity index (χ0) is 8.69. The molecule has 0 aliphatic carbocycles. The average Bonchev–Trinajstić information content (AvgIpc) is 2.41. The van der Waals surface area contributed by atoms with Gasteiger partial charge in [-0.3, -0.25) is 4.79 Å². The van der Waals surface area contributed by atoms with Gasteiger partial charge < -0.3 is 9.52 Å². The molecule has 1 heterocycles. The normalized spacial score (nSPS) is 8.27. The summed E-state index contributed by atoms with van der Waals surface area (Å²) < 4.78 is 4.83. The number of carbonyl (C=O) groups is 1. The van der Waals surface area contributed by atoms with E-state index in [0.717, 1.165) is 5.76 Å². The lowest BCUT2D eigenvalue weighted by Crippen LogP contribution is -1.93. The van der Waals surface area contributed by atoms with Crippen LogP contribution in [0.3, 0.4) is 0 Å². The van der Waals surface area contributed by atoms with Crippen molar-refractivity contribution in [2.45, 2.75) is 13.8 Å². The van der Waals surface area contributed by atoms with Crippen molar-refractivity contribution in [3.8, 4) is 0 Å². The fourth-order valence-electron chi connectivity index (χ4n) is 0.361. The molecule has 11 heavy (non-hydrogen) atoms. The Hall–Kier alpha value is -1.09. The molecule has 0 amide bonds. The fraction of sp³-hybridized carbons (Fsp3) is 0.375. The minimum atomic E-state index is -0.333. The number of rotatable bonds is 1. The molecule has 3 heteroatoms. The van der Waals surface area contributed by atoms with E-state index in [4.69, 9.17) is 9.52 Å². The average molecular weight is 156 g/mol. The second-order valence-corrected chi connectivity index (χ2v) is 2.08. The summed E-state index contributed by atoms with van der Waals surface area (Å²) in [4.78, 5) is 9.56. The molecule has 62 valence electrons. The zero-order valence-corrected chi connectivity index (χ0v) is 6.70. The van der Waals surface area contributed by atoms with Crippen LogP contribution >= 0.6 is 0 Å². The number of Topliss-reactive ketones (excluding diaryl/α,β-unsaturated/α-hetero) is 1. The first kappa shape index (κ1) is 9.91. The minimum absolute atomic E-state index is 0.190. The van der Waals surface area contributed by atoms with Crippen LogP contribution in [-0.4, -0.2) is 17.5 Å². The summed E-state index contributed by atoms with van der Waals surface area (Å²) in [6.45, 7) is 2.92. The Morgan fingerprint density at radius 2 is 2.27 bits per heavy atom. The topological polar surface area (TPSA) is 50.4 Å². The van der Waals surface area contributed by atoms with Crippen LogP contribution in [0.1, 0.15) is 12.7 Å². The molecule has 0 aliphatic heterocycles. The summed E-state index contributed by atoms with van der Waals surface area (Å²) in [5.74, 6) is 0.778. The number of ketones is 1.